The van der Waals surface area contributed by atoms with Gasteiger partial charge in [0.2, 0.25) is 0 Å². The van der Waals surface area contributed by atoms with Crippen molar-refractivity contribution < 1.29 is 17.9 Å². The Hall–Kier alpha value is -1.10. The van der Waals surface area contributed by atoms with Gasteiger partial charge < -0.3 is 10.1 Å². The Balaban J connectivity index is 2.91. The number of carbonyl (C=O) groups is 1. The molecule has 1 heterocycles. The fourth-order valence-electron chi connectivity index (χ4n) is 1.41. The summed E-state index contributed by atoms with van der Waals surface area (Å²) in [6.07, 6.45) is -0.765. The van der Waals surface area contributed by atoms with Crippen LogP contribution in [-0.2, 0) is 14.8 Å². The first-order valence-electron chi connectivity index (χ1n) is 6.69. The topological polar surface area (TPSA) is 96.5 Å². The number of thiophene rings is 1. The van der Waals surface area contributed by atoms with Crippen LogP contribution in [-0.4, -0.2) is 32.8 Å². The number of rotatable bonds is 6. The van der Waals surface area contributed by atoms with Gasteiger partial charge in [0, 0.05) is 6.54 Å². The van der Waals surface area contributed by atoms with Gasteiger partial charge in [-0.2, -0.15) is 0 Å². The second kappa shape index (κ2) is 8.67. The third kappa shape index (κ3) is 6.50. The Morgan fingerprint density at radius 2 is 2.13 bits per heavy atom. The molecule has 0 bridgehead atoms. The van der Waals surface area contributed by atoms with Gasteiger partial charge in [-0.1, -0.05) is 25.4 Å². The summed E-state index contributed by atoms with van der Waals surface area (Å²) >= 11 is 11.6. The summed E-state index contributed by atoms with van der Waals surface area (Å²) in [7, 11) is -3.97. The van der Waals surface area contributed by atoms with Crippen LogP contribution in [0, 0.1) is 5.92 Å². The minimum atomic E-state index is -3.97. The van der Waals surface area contributed by atoms with Crippen molar-refractivity contribution in [2.24, 2.45) is 5.92 Å². The number of nitrogens with one attached hydrogen (secondary N) is 3. The molecular formula is C12H18ClN3O4S3. The molecule has 0 saturated carbocycles. The second-order valence-corrected chi connectivity index (χ2v) is 8.78. The number of hydrogen-bond acceptors (Lipinski definition) is 6. The lowest BCUT2D eigenvalue weighted by Gasteiger charge is -2.13. The van der Waals surface area contributed by atoms with Crippen LogP contribution in [0.5, 0.6) is 0 Å². The zero-order chi connectivity index (χ0) is 17.6. The van der Waals surface area contributed by atoms with Gasteiger partial charge in [-0.3, -0.25) is 10.0 Å². The number of hydrogen-bond donors (Lipinski definition) is 3. The minimum Gasteiger partial charge on any atom is -0.450 e. The van der Waals surface area contributed by atoms with Gasteiger partial charge in [0.1, 0.15) is 0 Å². The summed E-state index contributed by atoms with van der Waals surface area (Å²) in [6.45, 7) is 6.25. The van der Waals surface area contributed by atoms with E-state index in [0.717, 1.165) is 11.3 Å². The van der Waals surface area contributed by atoms with E-state index in [-0.39, 0.29) is 26.0 Å². The first-order chi connectivity index (χ1) is 10.7. The molecule has 23 heavy (non-hydrogen) atoms. The van der Waals surface area contributed by atoms with E-state index in [2.05, 4.69) is 15.4 Å². The van der Waals surface area contributed by atoms with Crippen LogP contribution >= 0.6 is 35.2 Å². The highest BCUT2D eigenvalue weighted by Gasteiger charge is 2.24. The van der Waals surface area contributed by atoms with Crippen molar-refractivity contribution >= 4 is 62.1 Å². The fraction of sp³-hybridized carbons (Fsp3) is 0.500. The van der Waals surface area contributed by atoms with E-state index in [1.807, 2.05) is 13.8 Å². The summed E-state index contributed by atoms with van der Waals surface area (Å²) in [6, 6.07) is 1.34. The lowest BCUT2D eigenvalue weighted by molar-refractivity contribution is 0.168. The van der Waals surface area contributed by atoms with Crippen molar-refractivity contribution in [3.63, 3.8) is 0 Å². The third-order valence-electron chi connectivity index (χ3n) is 2.32. The monoisotopic (exact) mass is 399 g/mol. The van der Waals surface area contributed by atoms with Crippen molar-refractivity contribution in [1.82, 2.24) is 10.0 Å². The summed E-state index contributed by atoms with van der Waals surface area (Å²) in [4.78, 5) is 11.5. The van der Waals surface area contributed by atoms with E-state index >= 15 is 0 Å². The first-order valence-corrected chi connectivity index (χ1v) is 9.78. The zero-order valence-corrected chi connectivity index (χ0v) is 16.0. The predicted octanol–water partition coefficient (Wildman–Crippen LogP) is 2.78. The van der Waals surface area contributed by atoms with Crippen molar-refractivity contribution in [2.45, 2.75) is 25.0 Å². The molecule has 0 aliphatic carbocycles. The Kier molecular flexibility index (Phi) is 7.52. The molecule has 0 aliphatic heterocycles. The van der Waals surface area contributed by atoms with Gasteiger partial charge in [-0.15, -0.1) is 11.3 Å². The molecule has 0 unspecified atom stereocenters. The number of sulfonamides is 1. The lowest BCUT2D eigenvalue weighted by atomic mass is 10.2. The predicted molar refractivity (Wildman–Crippen MR) is 95.7 cm³/mol. The number of thiocarbonyl (C=S) groups is 1. The van der Waals surface area contributed by atoms with Gasteiger partial charge in [0.25, 0.3) is 10.0 Å². The summed E-state index contributed by atoms with van der Waals surface area (Å²) < 4.78 is 31.8. The normalized spacial score (nSPS) is 11.2. The van der Waals surface area contributed by atoms with Crippen LogP contribution in [0.3, 0.4) is 0 Å². The van der Waals surface area contributed by atoms with Gasteiger partial charge in [0.05, 0.1) is 16.6 Å². The Bertz CT molecular complexity index is 673. The fourth-order valence-corrected chi connectivity index (χ4v) is 4.52. The maximum atomic E-state index is 12.4. The van der Waals surface area contributed by atoms with Gasteiger partial charge in [-0.25, -0.2) is 13.2 Å². The Labute approximate surface area is 149 Å². The Morgan fingerprint density at radius 1 is 1.48 bits per heavy atom. The summed E-state index contributed by atoms with van der Waals surface area (Å²) in [5.41, 5.74) is 0.0395. The average Bonchev–Trinajstić information content (AvgIpc) is 2.78. The number of amides is 1. The lowest BCUT2D eigenvalue weighted by Crippen LogP contribution is -2.40. The molecular weight excluding hydrogens is 382 g/mol. The van der Waals surface area contributed by atoms with Crippen LogP contribution < -0.4 is 15.4 Å². The molecule has 1 rings (SSSR count). The number of carbonyl (C=O) groups excluding carboxylic acids is 1. The molecule has 0 radical (unpaired) electrons. The van der Waals surface area contributed by atoms with Crippen LogP contribution in [0.4, 0.5) is 10.5 Å². The molecule has 1 aromatic rings. The molecule has 0 aromatic carbocycles. The van der Waals surface area contributed by atoms with Crippen molar-refractivity contribution in [1.29, 1.82) is 0 Å². The zero-order valence-electron chi connectivity index (χ0n) is 12.8. The molecule has 130 valence electrons. The maximum Gasteiger partial charge on any atom is 0.411 e. The quantitative estimate of drug-likeness (QED) is 0.636. The van der Waals surface area contributed by atoms with E-state index in [9.17, 15) is 13.2 Å². The largest absolute Gasteiger partial charge is 0.450 e. The molecule has 0 atom stereocenters. The Morgan fingerprint density at radius 3 is 2.70 bits per heavy atom. The van der Waals surface area contributed by atoms with Gasteiger partial charge >= 0.3 is 6.09 Å². The molecule has 0 saturated heterocycles. The highest BCUT2D eigenvalue weighted by Crippen LogP contribution is 2.34. The molecule has 0 spiro atoms. The SMILES string of the molecule is CCOC(=O)Nc1cc(Cl)sc1S(=O)(=O)NC(=S)NCC(C)C. The number of halogens is 1. The van der Waals surface area contributed by atoms with E-state index in [0.29, 0.717) is 12.5 Å². The van der Waals surface area contributed by atoms with Gasteiger partial charge in [-0.05, 0) is 31.1 Å². The molecule has 3 N–H and O–H groups in total. The van der Waals surface area contributed by atoms with Crippen molar-refractivity contribution in [3.05, 3.63) is 10.4 Å². The van der Waals surface area contributed by atoms with Crippen LogP contribution in [0.2, 0.25) is 4.34 Å². The van der Waals surface area contributed by atoms with E-state index in [4.69, 9.17) is 28.6 Å². The standard InChI is InChI=1S/C12H18ClN3O4S3/c1-4-20-12(17)15-8-5-9(13)22-10(8)23(18,19)16-11(21)14-6-7(2)3/h5,7H,4,6H2,1-3H3,(H,15,17)(H2,14,16,21). The molecule has 1 aromatic heterocycles. The summed E-state index contributed by atoms with van der Waals surface area (Å²) in [5.74, 6) is 0.301. The maximum absolute atomic E-state index is 12.4. The third-order valence-corrected chi connectivity index (χ3v) is 5.85. The second-order valence-electron chi connectivity index (χ2n) is 4.81. The van der Waals surface area contributed by atoms with Crippen molar-refractivity contribution in [2.75, 3.05) is 18.5 Å². The van der Waals surface area contributed by atoms with Crippen LogP contribution in [0.25, 0.3) is 0 Å². The highest BCUT2D eigenvalue weighted by molar-refractivity contribution is 7.93. The number of ether oxygens (including phenoxy) is 1. The van der Waals surface area contributed by atoms with Crippen LogP contribution in [0.1, 0.15) is 20.8 Å². The van der Waals surface area contributed by atoms with E-state index in [1.165, 1.54) is 6.07 Å². The molecule has 1 amide bonds. The van der Waals surface area contributed by atoms with E-state index < -0.39 is 16.1 Å². The van der Waals surface area contributed by atoms with Crippen LogP contribution in [0.15, 0.2) is 10.3 Å². The highest BCUT2D eigenvalue weighted by atomic mass is 35.5. The van der Waals surface area contributed by atoms with Crippen molar-refractivity contribution in [3.8, 4) is 0 Å². The number of anilines is 1. The first kappa shape index (κ1) is 19.9. The summed E-state index contributed by atoms with van der Waals surface area (Å²) in [5, 5.41) is 5.12. The molecule has 7 nitrogen and oxygen atoms in total. The van der Waals surface area contributed by atoms with Gasteiger partial charge in [0.15, 0.2) is 9.32 Å². The molecule has 0 aliphatic rings. The smallest absolute Gasteiger partial charge is 0.411 e. The minimum absolute atomic E-state index is 0.0229. The molecule has 0 fully saturated rings. The van der Waals surface area contributed by atoms with E-state index in [1.54, 1.807) is 6.92 Å². The molecule has 11 heteroatoms. The average molecular weight is 400 g/mol.